The Balaban J connectivity index is 2.35. The highest BCUT2D eigenvalue weighted by molar-refractivity contribution is 9.11. The summed E-state index contributed by atoms with van der Waals surface area (Å²) in [5.41, 5.74) is 0. The van der Waals surface area contributed by atoms with Crippen LogP contribution in [0.25, 0.3) is 0 Å². The van der Waals surface area contributed by atoms with Gasteiger partial charge >= 0.3 is 0 Å². The fourth-order valence-corrected chi connectivity index (χ4v) is 7.06. The van der Waals surface area contributed by atoms with E-state index in [1.807, 2.05) is 0 Å². The van der Waals surface area contributed by atoms with Gasteiger partial charge in [0.05, 0.1) is 16.4 Å². The topological polar surface area (TPSA) is 71.5 Å². The van der Waals surface area contributed by atoms with Crippen molar-refractivity contribution >= 4 is 51.7 Å². The van der Waals surface area contributed by atoms with Crippen molar-refractivity contribution in [2.75, 3.05) is 18.6 Å². The summed E-state index contributed by atoms with van der Waals surface area (Å²) in [5.74, 6) is -0.0735. The van der Waals surface area contributed by atoms with E-state index in [-0.39, 0.29) is 16.4 Å². The predicted octanol–water partition coefficient (Wildman–Crippen LogP) is 2.02. The fraction of sp³-hybridized carbons (Fsp3) is 0.455. The molecular formula is C11H13Br2NO4S2. The molecule has 0 spiro atoms. The minimum absolute atomic E-state index is 0.0407. The van der Waals surface area contributed by atoms with E-state index < -0.39 is 25.9 Å². The zero-order valence-corrected chi connectivity index (χ0v) is 15.4. The molecule has 20 heavy (non-hydrogen) atoms. The van der Waals surface area contributed by atoms with E-state index in [4.69, 9.17) is 0 Å². The van der Waals surface area contributed by atoms with Gasteiger partial charge in [-0.2, -0.15) is 4.31 Å². The van der Waals surface area contributed by atoms with Crippen LogP contribution in [0.4, 0.5) is 0 Å². The fourth-order valence-electron chi connectivity index (χ4n) is 2.10. The van der Waals surface area contributed by atoms with Crippen molar-refractivity contribution in [2.24, 2.45) is 0 Å². The SMILES string of the molecule is CN(C1CCS(=O)(=O)C1)S(=O)(=O)c1ccc(Br)cc1Br. The van der Waals surface area contributed by atoms with Gasteiger partial charge in [-0.3, -0.25) is 0 Å². The second-order valence-electron chi connectivity index (χ2n) is 4.65. The molecule has 1 atom stereocenters. The first-order valence-electron chi connectivity index (χ1n) is 5.77. The van der Waals surface area contributed by atoms with Crippen molar-refractivity contribution in [3.8, 4) is 0 Å². The van der Waals surface area contributed by atoms with Crippen LogP contribution < -0.4 is 0 Å². The highest BCUT2D eigenvalue weighted by Gasteiger charge is 2.37. The number of sulfone groups is 1. The maximum Gasteiger partial charge on any atom is 0.244 e. The molecule has 1 aliphatic rings. The van der Waals surface area contributed by atoms with Gasteiger partial charge in [0.1, 0.15) is 0 Å². The van der Waals surface area contributed by atoms with Crippen LogP contribution in [0.2, 0.25) is 0 Å². The highest BCUT2D eigenvalue weighted by Crippen LogP contribution is 2.30. The lowest BCUT2D eigenvalue weighted by molar-refractivity contribution is 0.393. The highest BCUT2D eigenvalue weighted by atomic mass is 79.9. The van der Waals surface area contributed by atoms with Gasteiger partial charge in [0.25, 0.3) is 0 Å². The van der Waals surface area contributed by atoms with Crippen LogP contribution in [0, 0.1) is 0 Å². The number of benzene rings is 1. The van der Waals surface area contributed by atoms with Gasteiger partial charge in [-0.1, -0.05) is 15.9 Å². The van der Waals surface area contributed by atoms with Crippen LogP contribution in [0.5, 0.6) is 0 Å². The van der Waals surface area contributed by atoms with Gasteiger partial charge in [-0.25, -0.2) is 16.8 Å². The third-order valence-electron chi connectivity index (χ3n) is 3.27. The summed E-state index contributed by atoms with van der Waals surface area (Å²) < 4.78 is 50.4. The molecule has 1 aromatic rings. The van der Waals surface area contributed by atoms with Crippen molar-refractivity contribution in [3.63, 3.8) is 0 Å². The van der Waals surface area contributed by atoms with Crippen LogP contribution in [-0.2, 0) is 19.9 Å². The van der Waals surface area contributed by atoms with Gasteiger partial charge in [0.2, 0.25) is 10.0 Å². The van der Waals surface area contributed by atoms with E-state index in [0.29, 0.717) is 10.9 Å². The molecule has 2 rings (SSSR count). The van der Waals surface area contributed by atoms with Gasteiger partial charge < -0.3 is 0 Å². The molecule has 1 unspecified atom stereocenters. The molecular weight excluding hydrogens is 434 g/mol. The van der Waals surface area contributed by atoms with Crippen LogP contribution >= 0.6 is 31.9 Å². The van der Waals surface area contributed by atoms with Crippen molar-refractivity contribution in [1.29, 1.82) is 0 Å². The first-order valence-corrected chi connectivity index (χ1v) is 10.6. The minimum atomic E-state index is -3.72. The number of hydrogen-bond donors (Lipinski definition) is 0. The zero-order valence-electron chi connectivity index (χ0n) is 10.6. The maximum atomic E-state index is 12.5. The van der Waals surface area contributed by atoms with Crippen molar-refractivity contribution in [1.82, 2.24) is 4.31 Å². The molecule has 0 saturated carbocycles. The average molecular weight is 447 g/mol. The quantitative estimate of drug-likeness (QED) is 0.711. The number of sulfonamides is 1. The summed E-state index contributed by atoms with van der Waals surface area (Å²) in [5, 5.41) is 0. The lowest BCUT2D eigenvalue weighted by Gasteiger charge is -2.23. The van der Waals surface area contributed by atoms with Crippen LogP contribution in [0.3, 0.4) is 0 Å². The molecule has 1 heterocycles. The largest absolute Gasteiger partial charge is 0.244 e. The van der Waals surface area contributed by atoms with Crippen LogP contribution in [0.1, 0.15) is 6.42 Å². The summed E-state index contributed by atoms with van der Waals surface area (Å²) in [6, 6.07) is 4.27. The van der Waals surface area contributed by atoms with Gasteiger partial charge in [0.15, 0.2) is 9.84 Å². The number of halogens is 2. The third-order valence-corrected chi connectivity index (χ3v) is 8.40. The van der Waals surface area contributed by atoms with E-state index in [1.165, 1.54) is 13.1 Å². The molecule has 0 N–H and O–H groups in total. The molecule has 0 bridgehead atoms. The average Bonchev–Trinajstić information content (AvgIpc) is 2.68. The monoisotopic (exact) mass is 445 g/mol. The van der Waals surface area contributed by atoms with Gasteiger partial charge in [0, 0.05) is 22.0 Å². The summed E-state index contributed by atoms with van der Waals surface area (Å²) in [4.78, 5) is 0.132. The van der Waals surface area contributed by atoms with Gasteiger partial charge in [-0.05, 0) is 40.5 Å². The van der Waals surface area contributed by atoms with E-state index >= 15 is 0 Å². The molecule has 1 aliphatic heterocycles. The third kappa shape index (κ3) is 3.27. The Morgan fingerprint density at radius 1 is 1.30 bits per heavy atom. The molecule has 1 saturated heterocycles. The number of rotatable bonds is 3. The van der Waals surface area contributed by atoms with Crippen molar-refractivity contribution in [3.05, 3.63) is 27.1 Å². The molecule has 0 amide bonds. The minimum Gasteiger partial charge on any atom is -0.229 e. The zero-order chi connectivity index (χ0) is 15.1. The normalized spacial score (nSPS) is 22.3. The predicted molar refractivity (Wildman–Crippen MR) is 83.8 cm³/mol. The molecule has 0 radical (unpaired) electrons. The molecule has 0 aromatic heterocycles. The Labute approximate surface area is 135 Å². The molecule has 112 valence electrons. The Morgan fingerprint density at radius 3 is 2.45 bits per heavy atom. The van der Waals surface area contributed by atoms with Gasteiger partial charge in [-0.15, -0.1) is 0 Å². The second-order valence-corrected chi connectivity index (χ2v) is 10.6. The molecule has 1 aromatic carbocycles. The molecule has 1 fully saturated rings. The smallest absolute Gasteiger partial charge is 0.229 e. The van der Waals surface area contributed by atoms with E-state index in [9.17, 15) is 16.8 Å². The lowest BCUT2D eigenvalue weighted by Crippen LogP contribution is -2.37. The standard InChI is InChI=1S/C11H13Br2NO4S2/c1-14(9-4-5-19(15,16)7-9)20(17,18)11-3-2-8(12)6-10(11)13/h2-3,6,9H,4-5,7H2,1H3. The Hall–Kier alpha value is 0.0400. The summed E-state index contributed by atoms with van der Waals surface area (Å²) in [7, 11) is -5.42. The van der Waals surface area contributed by atoms with E-state index in [1.54, 1.807) is 12.1 Å². The molecule has 0 aliphatic carbocycles. The first-order chi connectivity index (χ1) is 9.13. The van der Waals surface area contributed by atoms with Crippen molar-refractivity contribution in [2.45, 2.75) is 17.4 Å². The van der Waals surface area contributed by atoms with E-state index in [0.717, 1.165) is 8.78 Å². The molecule has 9 heteroatoms. The second kappa shape index (κ2) is 5.68. The first kappa shape index (κ1) is 16.4. The van der Waals surface area contributed by atoms with Crippen LogP contribution in [-0.4, -0.2) is 45.7 Å². The lowest BCUT2D eigenvalue weighted by atomic mass is 10.3. The Morgan fingerprint density at radius 2 is 1.95 bits per heavy atom. The van der Waals surface area contributed by atoms with Crippen LogP contribution in [0.15, 0.2) is 32.0 Å². The number of nitrogens with zero attached hydrogens (tertiary/aromatic N) is 1. The molecule has 5 nitrogen and oxygen atoms in total. The Bertz CT molecular complexity index is 731. The maximum absolute atomic E-state index is 12.5. The Kier molecular flexibility index (Phi) is 4.66. The summed E-state index contributed by atoms with van der Waals surface area (Å²) in [6.07, 6.45) is 0.339. The van der Waals surface area contributed by atoms with Crippen molar-refractivity contribution < 1.29 is 16.8 Å². The summed E-state index contributed by atoms with van der Waals surface area (Å²) >= 11 is 6.49. The van der Waals surface area contributed by atoms with E-state index in [2.05, 4.69) is 31.9 Å². The number of hydrogen-bond acceptors (Lipinski definition) is 4. The summed E-state index contributed by atoms with van der Waals surface area (Å²) in [6.45, 7) is 0.